The SMILES string of the molecule is CN(C)c1ccc(N/N=C/c2ccncc2)cc1. The summed E-state index contributed by atoms with van der Waals surface area (Å²) < 4.78 is 0. The molecule has 4 nitrogen and oxygen atoms in total. The minimum atomic E-state index is 0.964. The van der Waals surface area contributed by atoms with E-state index in [1.54, 1.807) is 18.6 Å². The monoisotopic (exact) mass is 240 g/mol. The van der Waals surface area contributed by atoms with Crippen LogP contribution in [0.15, 0.2) is 53.9 Å². The topological polar surface area (TPSA) is 40.5 Å². The number of nitrogens with one attached hydrogen (secondary N) is 1. The Morgan fingerprint density at radius 1 is 1.06 bits per heavy atom. The highest BCUT2D eigenvalue weighted by atomic mass is 15.3. The van der Waals surface area contributed by atoms with Gasteiger partial charge in [-0.25, -0.2) is 0 Å². The average molecular weight is 240 g/mol. The molecular weight excluding hydrogens is 224 g/mol. The van der Waals surface area contributed by atoms with E-state index in [-0.39, 0.29) is 0 Å². The maximum absolute atomic E-state index is 4.17. The number of aromatic nitrogens is 1. The highest BCUT2D eigenvalue weighted by Gasteiger charge is 1.94. The first kappa shape index (κ1) is 12.1. The van der Waals surface area contributed by atoms with E-state index in [0.717, 1.165) is 11.3 Å². The lowest BCUT2D eigenvalue weighted by Crippen LogP contribution is -2.08. The van der Waals surface area contributed by atoms with Gasteiger partial charge in [0.2, 0.25) is 0 Å². The maximum atomic E-state index is 4.17. The number of pyridine rings is 1. The number of anilines is 2. The highest BCUT2D eigenvalue weighted by Crippen LogP contribution is 2.15. The van der Waals surface area contributed by atoms with Crippen LogP contribution in [0.2, 0.25) is 0 Å². The van der Waals surface area contributed by atoms with E-state index in [1.165, 1.54) is 5.69 Å². The highest BCUT2D eigenvalue weighted by molar-refractivity contribution is 5.79. The first-order valence-electron chi connectivity index (χ1n) is 5.72. The summed E-state index contributed by atoms with van der Waals surface area (Å²) in [4.78, 5) is 6.01. The van der Waals surface area contributed by atoms with Gasteiger partial charge in [0.1, 0.15) is 0 Å². The molecule has 0 aliphatic heterocycles. The maximum Gasteiger partial charge on any atom is 0.0563 e. The molecule has 0 radical (unpaired) electrons. The fourth-order valence-electron chi connectivity index (χ4n) is 1.46. The van der Waals surface area contributed by atoms with Gasteiger partial charge in [-0.05, 0) is 42.0 Å². The summed E-state index contributed by atoms with van der Waals surface area (Å²) in [5.74, 6) is 0. The third kappa shape index (κ3) is 3.31. The van der Waals surface area contributed by atoms with Crippen LogP contribution in [-0.4, -0.2) is 25.3 Å². The second-order valence-corrected chi connectivity index (χ2v) is 4.09. The molecule has 0 unspecified atom stereocenters. The van der Waals surface area contributed by atoms with Gasteiger partial charge in [-0.15, -0.1) is 0 Å². The summed E-state index contributed by atoms with van der Waals surface area (Å²) in [6.07, 6.45) is 5.25. The third-order valence-electron chi connectivity index (χ3n) is 2.50. The number of hydrogen-bond donors (Lipinski definition) is 1. The van der Waals surface area contributed by atoms with Gasteiger partial charge in [0.05, 0.1) is 11.9 Å². The van der Waals surface area contributed by atoms with E-state index in [1.807, 2.05) is 50.5 Å². The van der Waals surface area contributed by atoms with Crippen LogP contribution in [0.1, 0.15) is 5.56 Å². The van der Waals surface area contributed by atoms with Crippen LogP contribution in [0.5, 0.6) is 0 Å². The Balaban J connectivity index is 1.96. The Morgan fingerprint density at radius 3 is 2.33 bits per heavy atom. The first-order chi connectivity index (χ1) is 8.75. The molecule has 0 saturated carbocycles. The zero-order chi connectivity index (χ0) is 12.8. The van der Waals surface area contributed by atoms with Crippen LogP contribution in [0, 0.1) is 0 Å². The number of nitrogens with zero attached hydrogens (tertiary/aromatic N) is 3. The molecule has 1 heterocycles. The van der Waals surface area contributed by atoms with Gasteiger partial charge in [-0.1, -0.05) is 0 Å². The molecule has 0 aliphatic rings. The van der Waals surface area contributed by atoms with Gasteiger partial charge in [-0.2, -0.15) is 5.10 Å². The van der Waals surface area contributed by atoms with Crippen molar-refractivity contribution in [3.05, 3.63) is 54.4 Å². The molecule has 4 heteroatoms. The summed E-state index contributed by atoms with van der Waals surface area (Å²) in [5, 5.41) is 4.17. The Kier molecular flexibility index (Phi) is 3.91. The van der Waals surface area contributed by atoms with E-state index in [2.05, 4.69) is 20.4 Å². The smallest absolute Gasteiger partial charge is 0.0563 e. The van der Waals surface area contributed by atoms with Gasteiger partial charge in [0.25, 0.3) is 0 Å². The molecule has 0 spiro atoms. The Morgan fingerprint density at radius 2 is 1.72 bits per heavy atom. The van der Waals surface area contributed by atoms with Gasteiger partial charge in [0.15, 0.2) is 0 Å². The van der Waals surface area contributed by atoms with Crippen LogP contribution >= 0.6 is 0 Å². The molecule has 2 aromatic rings. The average Bonchev–Trinajstić information content (AvgIpc) is 2.40. The van der Waals surface area contributed by atoms with E-state index in [9.17, 15) is 0 Å². The fourth-order valence-corrected chi connectivity index (χ4v) is 1.46. The molecule has 0 saturated heterocycles. The molecule has 2 rings (SSSR count). The molecule has 0 amide bonds. The van der Waals surface area contributed by atoms with Crippen molar-refractivity contribution < 1.29 is 0 Å². The molecule has 18 heavy (non-hydrogen) atoms. The standard InChI is InChI=1S/C14H16N4/c1-18(2)14-5-3-13(4-6-14)17-16-11-12-7-9-15-10-8-12/h3-11,17H,1-2H3/b16-11+. The number of benzene rings is 1. The fraction of sp³-hybridized carbons (Fsp3) is 0.143. The van der Waals surface area contributed by atoms with Gasteiger partial charge in [0, 0.05) is 32.2 Å². The summed E-state index contributed by atoms with van der Waals surface area (Å²) in [5.41, 5.74) is 6.14. The summed E-state index contributed by atoms with van der Waals surface area (Å²) in [6, 6.07) is 11.9. The summed E-state index contributed by atoms with van der Waals surface area (Å²) in [6.45, 7) is 0. The van der Waals surface area contributed by atoms with Crippen molar-refractivity contribution in [2.45, 2.75) is 0 Å². The van der Waals surface area contributed by atoms with E-state index in [0.29, 0.717) is 0 Å². The van der Waals surface area contributed by atoms with Gasteiger partial charge >= 0.3 is 0 Å². The second kappa shape index (κ2) is 5.82. The molecule has 0 fully saturated rings. The Labute approximate surface area is 107 Å². The lowest BCUT2D eigenvalue weighted by molar-refractivity contribution is 1.13. The van der Waals surface area contributed by atoms with Crippen molar-refractivity contribution in [3.8, 4) is 0 Å². The van der Waals surface area contributed by atoms with Crippen molar-refractivity contribution in [1.29, 1.82) is 0 Å². The normalized spacial score (nSPS) is 10.6. The first-order valence-corrected chi connectivity index (χ1v) is 5.72. The summed E-state index contributed by atoms with van der Waals surface area (Å²) in [7, 11) is 4.04. The van der Waals surface area contributed by atoms with Gasteiger partial charge < -0.3 is 4.90 Å². The zero-order valence-corrected chi connectivity index (χ0v) is 10.5. The predicted molar refractivity (Wildman–Crippen MR) is 76.2 cm³/mol. The van der Waals surface area contributed by atoms with Crippen LogP contribution in [0.4, 0.5) is 11.4 Å². The van der Waals surface area contributed by atoms with E-state index in [4.69, 9.17) is 0 Å². The molecule has 92 valence electrons. The van der Waals surface area contributed by atoms with Crippen molar-refractivity contribution in [3.63, 3.8) is 0 Å². The van der Waals surface area contributed by atoms with Crippen molar-refractivity contribution >= 4 is 17.6 Å². The van der Waals surface area contributed by atoms with Crippen molar-refractivity contribution in [2.24, 2.45) is 5.10 Å². The molecule has 1 N–H and O–H groups in total. The number of hydrogen-bond acceptors (Lipinski definition) is 4. The second-order valence-electron chi connectivity index (χ2n) is 4.09. The van der Waals surface area contributed by atoms with Crippen LogP contribution in [0.25, 0.3) is 0 Å². The molecule has 1 aromatic carbocycles. The lowest BCUT2D eigenvalue weighted by Gasteiger charge is -2.12. The quantitative estimate of drug-likeness (QED) is 0.659. The van der Waals surface area contributed by atoms with E-state index < -0.39 is 0 Å². The zero-order valence-electron chi connectivity index (χ0n) is 10.5. The molecule has 0 bridgehead atoms. The Bertz CT molecular complexity index is 503. The minimum absolute atomic E-state index is 0.964. The van der Waals surface area contributed by atoms with Crippen LogP contribution < -0.4 is 10.3 Å². The molecule has 0 aliphatic carbocycles. The van der Waals surface area contributed by atoms with E-state index >= 15 is 0 Å². The molecule has 0 atom stereocenters. The van der Waals surface area contributed by atoms with Crippen molar-refractivity contribution in [1.82, 2.24) is 4.98 Å². The third-order valence-corrected chi connectivity index (χ3v) is 2.50. The molecule has 1 aromatic heterocycles. The van der Waals surface area contributed by atoms with Crippen LogP contribution in [0.3, 0.4) is 0 Å². The Hall–Kier alpha value is -2.36. The predicted octanol–water partition coefficient (Wildman–Crippen LogP) is 2.59. The van der Waals surface area contributed by atoms with Crippen LogP contribution in [-0.2, 0) is 0 Å². The number of hydrazone groups is 1. The minimum Gasteiger partial charge on any atom is -0.378 e. The van der Waals surface area contributed by atoms with Crippen molar-refractivity contribution in [2.75, 3.05) is 24.4 Å². The number of rotatable bonds is 4. The lowest BCUT2D eigenvalue weighted by atomic mass is 10.3. The summed E-state index contributed by atoms with van der Waals surface area (Å²) >= 11 is 0. The molecular formula is C14H16N4. The largest absolute Gasteiger partial charge is 0.378 e. The van der Waals surface area contributed by atoms with Gasteiger partial charge in [-0.3, -0.25) is 10.4 Å².